The summed E-state index contributed by atoms with van der Waals surface area (Å²) in [6.07, 6.45) is 9.36. The van der Waals surface area contributed by atoms with E-state index >= 15 is 0 Å². The first-order valence-corrected chi connectivity index (χ1v) is 8.96. The van der Waals surface area contributed by atoms with Gasteiger partial charge in [-0.25, -0.2) is 0 Å². The number of nitrogens with one attached hydrogen (secondary N) is 1. The fourth-order valence-corrected chi connectivity index (χ4v) is 4.37. The number of hydrogen-bond acceptors (Lipinski definition) is 2. The van der Waals surface area contributed by atoms with E-state index < -0.39 is 0 Å². The van der Waals surface area contributed by atoms with Crippen LogP contribution in [-0.2, 0) is 6.42 Å². The van der Waals surface area contributed by atoms with Crippen molar-refractivity contribution < 1.29 is 0 Å². The van der Waals surface area contributed by atoms with Gasteiger partial charge in [0.05, 0.1) is 0 Å². The molecule has 3 heteroatoms. The maximum absolute atomic E-state index is 6.16. The first-order valence-electron chi connectivity index (χ1n) is 8.59. The maximum Gasteiger partial charge on any atom is 0.0408 e. The molecule has 1 saturated heterocycles. The van der Waals surface area contributed by atoms with Crippen molar-refractivity contribution in [3.8, 4) is 0 Å². The topological polar surface area (TPSA) is 15.3 Å². The van der Waals surface area contributed by atoms with E-state index in [4.69, 9.17) is 11.6 Å². The van der Waals surface area contributed by atoms with Crippen molar-refractivity contribution in [3.63, 3.8) is 0 Å². The SMILES string of the molecule is Clc1ccc2c(c1)CCC2N(CC1CCCCN1)C1CC1. The molecule has 0 radical (unpaired) electrons. The van der Waals surface area contributed by atoms with Gasteiger partial charge >= 0.3 is 0 Å². The molecule has 2 aliphatic carbocycles. The number of piperidine rings is 1. The van der Waals surface area contributed by atoms with Crippen LogP contribution in [0.15, 0.2) is 18.2 Å². The first-order chi connectivity index (χ1) is 10.3. The van der Waals surface area contributed by atoms with Crippen LogP contribution in [-0.4, -0.2) is 30.1 Å². The minimum absolute atomic E-state index is 0.633. The van der Waals surface area contributed by atoms with Crippen LogP contribution >= 0.6 is 11.6 Å². The molecular formula is C18H25ClN2. The van der Waals surface area contributed by atoms with Gasteiger partial charge in [0.25, 0.3) is 0 Å². The Morgan fingerprint density at radius 2 is 2.05 bits per heavy atom. The van der Waals surface area contributed by atoms with Crippen LogP contribution in [0.3, 0.4) is 0 Å². The van der Waals surface area contributed by atoms with Crippen LogP contribution in [0.4, 0.5) is 0 Å². The molecule has 2 atom stereocenters. The lowest BCUT2D eigenvalue weighted by atomic mass is 10.0. The van der Waals surface area contributed by atoms with Crippen LogP contribution in [0.25, 0.3) is 0 Å². The van der Waals surface area contributed by atoms with Gasteiger partial charge in [0.15, 0.2) is 0 Å². The van der Waals surface area contributed by atoms with Gasteiger partial charge in [-0.15, -0.1) is 0 Å². The molecule has 4 rings (SSSR count). The van der Waals surface area contributed by atoms with E-state index in [0.717, 1.165) is 11.1 Å². The number of halogens is 1. The normalized spacial score (nSPS) is 28.9. The molecule has 2 nitrogen and oxygen atoms in total. The molecule has 1 aliphatic heterocycles. The van der Waals surface area contributed by atoms with Crippen molar-refractivity contribution in [3.05, 3.63) is 34.3 Å². The molecule has 1 heterocycles. The first kappa shape index (κ1) is 14.0. The smallest absolute Gasteiger partial charge is 0.0408 e. The van der Waals surface area contributed by atoms with E-state index in [1.54, 1.807) is 5.56 Å². The van der Waals surface area contributed by atoms with Crippen molar-refractivity contribution >= 4 is 11.6 Å². The summed E-state index contributed by atoms with van der Waals surface area (Å²) in [5.41, 5.74) is 3.02. The maximum atomic E-state index is 6.16. The van der Waals surface area contributed by atoms with Crippen molar-refractivity contribution in [1.29, 1.82) is 0 Å². The minimum Gasteiger partial charge on any atom is -0.313 e. The lowest BCUT2D eigenvalue weighted by molar-refractivity contribution is 0.156. The van der Waals surface area contributed by atoms with E-state index in [1.807, 2.05) is 0 Å². The Morgan fingerprint density at radius 1 is 1.14 bits per heavy atom. The third kappa shape index (κ3) is 2.99. The van der Waals surface area contributed by atoms with Gasteiger partial charge < -0.3 is 5.32 Å². The van der Waals surface area contributed by atoms with Crippen LogP contribution in [0, 0.1) is 0 Å². The third-order valence-electron chi connectivity index (χ3n) is 5.41. The average molecular weight is 305 g/mol. The van der Waals surface area contributed by atoms with Crippen molar-refractivity contribution in [1.82, 2.24) is 10.2 Å². The van der Waals surface area contributed by atoms with Crippen LogP contribution < -0.4 is 5.32 Å². The Kier molecular flexibility index (Phi) is 3.95. The molecule has 1 saturated carbocycles. The monoisotopic (exact) mass is 304 g/mol. The van der Waals surface area contributed by atoms with Crippen LogP contribution in [0.1, 0.15) is 55.7 Å². The molecule has 0 amide bonds. The van der Waals surface area contributed by atoms with Crippen molar-refractivity contribution in [2.75, 3.05) is 13.1 Å². The van der Waals surface area contributed by atoms with Gasteiger partial charge in [0.2, 0.25) is 0 Å². The van der Waals surface area contributed by atoms with E-state index in [-0.39, 0.29) is 0 Å². The lowest BCUT2D eigenvalue weighted by Gasteiger charge is -2.35. The molecular weight excluding hydrogens is 280 g/mol. The zero-order valence-electron chi connectivity index (χ0n) is 12.7. The quantitative estimate of drug-likeness (QED) is 0.906. The Morgan fingerprint density at radius 3 is 2.81 bits per heavy atom. The third-order valence-corrected chi connectivity index (χ3v) is 5.65. The van der Waals surface area contributed by atoms with Crippen molar-refractivity contribution in [2.24, 2.45) is 0 Å². The highest BCUT2D eigenvalue weighted by molar-refractivity contribution is 6.30. The number of rotatable bonds is 4. The number of benzene rings is 1. The lowest BCUT2D eigenvalue weighted by Crippen LogP contribution is -2.45. The number of nitrogens with zero attached hydrogens (tertiary/aromatic N) is 1. The molecule has 2 fully saturated rings. The van der Waals surface area contributed by atoms with Gasteiger partial charge in [-0.05, 0) is 68.3 Å². The number of hydrogen-bond donors (Lipinski definition) is 1. The predicted molar refractivity (Wildman–Crippen MR) is 87.9 cm³/mol. The molecule has 3 aliphatic rings. The Bertz CT molecular complexity index is 506. The second kappa shape index (κ2) is 5.91. The fraction of sp³-hybridized carbons (Fsp3) is 0.667. The summed E-state index contributed by atoms with van der Waals surface area (Å²) in [5.74, 6) is 0. The van der Waals surface area contributed by atoms with Crippen LogP contribution in [0.5, 0.6) is 0 Å². The molecule has 0 spiro atoms. The largest absolute Gasteiger partial charge is 0.313 e. The molecule has 2 unspecified atom stereocenters. The number of fused-ring (bicyclic) bond motifs is 1. The van der Waals surface area contributed by atoms with E-state index in [2.05, 4.69) is 28.4 Å². The highest BCUT2D eigenvalue weighted by Gasteiger charge is 2.38. The summed E-state index contributed by atoms with van der Waals surface area (Å²) >= 11 is 6.16. The van der Waals surface area contributed by atoms with Gasteiger partial charge in [-0.2, -0.15) is 0 Å². The van der Waals surface area contributed by atoms with E-state index in [0.29, 0.717) is 12.1 Å². The Balaban J connectivity index is 1.52. The van der Waals surface area contributed by atoms with E-state index in [9.17, 15) is 0 Å². The van der Waals surface area contributed by atoms with Crippen molar-refractivity contribution in [2.45, 2.75) is 63.1 Å². The highest BCUT2D eigenvalue weighted by atomic mass is 35.5. The number of aryl methyl sites for hydroxylation is 1. The fourth-order valence-electron chi connectivity index (χ4n) is 4.18. The van der Waals surface area contributed by atoms with Gasteiger partial charge in [0.1, 0.15) is 0 Å². The molecule has 114 valence electrons. The summed E-state index contributed by atoms with van der Waals surface area (Å²) in [6.45, 7) is 2.44. The van der Waals surface area contributed by atoms with Gasteiger partial charge in [-0.3, -0.25) is 4.90 Å². The molecule has 1 N–H and O–H groups in total. The van der Waals surface area contributed by atoms with Gasteiger partial charge in [-0.1, -0.05) is 24.1 Å². The molecule has 0 aromatic heterocycles. The average Bonchev–Trinajstić information content (AvgIpc) is 3.26. The highest BCUT2D eigenvalue weighted by Crippen LogP contribution is 2.42. The summed E-state index contributed by atoms with van der Waals surface area (Å²) in [5, 5.41) is 4.62. The minimum atomic E-state index is 0.633. The molecule has 21 heavy (non-hydrogen) atoms. The molecule has 1 aromatic rings. The molecule has 1 aromatic carbocycles. The zero-order valence-corrected chi connectivity index (χ0v) is 13.4. The summed E-state index contributed by atoms with van der Waals surface area (Å²) in [6, 6.07) is 8.70. The van der Waals surface area contributed by atoms with E-state index in [1.165, 1.54) is 63.6 Å². The predicted octanol–water partition coefficient (Wildman–Crippen LogP) is 3.93. The molecule has 0 bridgehead atoms. The Labute approximate surface area is 132 Å². The standard InChI is InChI=1S/C18H25ClN2/c19-14-5-8-17-13(11-14)4-9-18(17)21(16-6-7-16)12-15-3-1-2-10-20-15/h5,8,11,15-16,18,20H,1-4,6-7,9-10,12H2. The summed E-state index contributed by atoms with van der Waals surface area (Å²) in [4.78, 5) is 2.81. The Hall–Kier alpha value is -0.570. The second-order valence-corrected chi connectivity index (χ2v) is 7.41. The van der Waals surface area contributed by atoms with Gasteiger partial charge in [0, 0.05) is 29.7 Å². The zero-order chi connectivity index (χ0) is 14.2. The second-order valence-electron chi connectivity index (χ2n) is 6.97. The summed E-state index contributed by atoms with van der Waals surface area (Å²) in [7, 11) is 0. The summed E-state index contributed by atoms with van der Waals surface area (Å²) < 4.78 is 0. The van der Waals surface area contributed by atoms with Crippen LogP contribution in [0.2, 0.25) is 5.02 Å².